The second-order valence-corrected chi connectivity index (χ2v) is 6.12. The van der Waals surface area contributed by atoms with Crippen LogP contribution in [0, 0.1) is 17.3 Å². The third-order valence-electron chi connectivity index (χ3n) is 2.92. The van der Waals surface area contributed by atoms with Gasteiger partial charge >= 0.3 is 0 Å². The summed E-state index contributed by atoms with van der Waals surface area (Å²) in [6, 6.07) is 10.7. The number of rotatable bonds is 3. The summed E-state index contributed by atoms with van der Waals surface area (Å²) in [7, 11) is 1.59. The van der Waals surface area contributed by atoms with Crippen LogP contribution in [0.5, 0.6) is 5.75 Å². The fraction of sp³-hybridized carbons (Fsp3) is 0.263. The summed E-state index contributed by atoms with van der Waals surface area (Å²) in [4.78, 5) is 16.4. The van der Waals surface area contributed by atoms with Crippen molar-refractivity contribution in [1.82, 2.24) is 4.98 Å². The van der Waals surface area contributed by atoms with E-state index in [1.807, 2.05) is 32.9 Å². The van der Waals surface area contributed by atoms with E-state index < -0.39 is 0 Å². The fourth-order valence-corrected chi connectivity index (χ4v) is 1.76. The Balaban J connectivity index is 2.09. The van der Waals surface area contributed by atoms with Crippen LogP contribution in [0.3, 0.4) is 0 Å². The molecule has 1 aromatic carbocycles. The van der Waals surface area contributed by atoms with E-state index in [1.54, 1.807) is 31.4 Å². The minimum atomic E-state index is -0.221. The Labute approximate surface area is 136 Å². The van der Waals surface area contributed by atoms with Crippen LogP contribution >= 0.6 is 0 Å². The van der Waals surface area contributed by atoms with Crippen molar-refractivity contribution >= 4 is 11.6 Å². The molecule has 1 aromatic heterocycles. The topological polar surface area (TPSA) is 51.2 Å². The zero-order chi connectivity index (χ0) is 16.9. The number of aromatic nitrogens is 1. The summed E-state index contributed by atoms with van der Waals surface area (Å²) >= 11 is 0. The number of hydrogen-bond donors (Lipinski definition) is 1. The van der Waals surface area contributed by atoms with Crippen LogP contribution in [-0.2, 0) is 0 Å². The molecule has 2 rings (SSSR count). The van der Waals surface area contributed by atoms with Gasteiger partial charge < -0.3 is 10.1 Å². The molecule has 0 saturated carbocycles. The number of methoxy groups -OCH3 is 1. The number of pyridine rings is 1. The first-order valence-corrected chi connectivity index (χ1v) is 7.32. The molecule has 1 amide bonds. The maximum Gasteiger partial charge on any atom is 0.257 e. The summed E-state index contributed by atoms with van der Waals surface area (Å²) in [6.45, 7) is 6.11. The van der Waals surface area contributed by atoms with Gasteiger partial charge in [-0.05, 0) is 51.0 Å². The maximum atomic E-state index is 12.2. The molecule has 0 saturated heterocycles. The van der Waals surface area contributed by atoms with Gasteiger partial charge in [-0.1, -0.05) is 12.0 Å². The first-order chi connectivity index (χ1) is 10.9. The van der Waals surface area contributed by atoms with Crippen LogP contribution in [0.15, 0.2) is 42.6 Å². The number of carbonyl (C=O) groups excluding carboxylic acids is 1. The lowest BCUT2D eigenvalue weighted by molar-refractivity contribution is 0.102. The largest absolute Gasteiger partial charge is 0.497 e. The fourth-order valence-electron chi connectivity index (χ4n) is 1.76. The van der Waals surface area contributed by atoms with Crippen molar-refractivity contribution in [2.75, 3.05) is 12.4 Å². The van der Waals surface area contributed by atoms with Crippen molar-refractivity contribution in [3.63, 3.8) is 0 Å². The van der Waals surface area contributed by atoms with E-state index in [1.165, 1.54) is 6.20 Å². The lowest BCUT2D eigenvalue weighted by atomic mass is 9.98. The summed E-state index contributed by atoms with van der Waals surface area (Å²) < 4.78 is 5.13. The molecule has 118 valence electrons. The standard InChI is InChI=1S/C19H20N2O2/c1-19(2,3)11-10-15-9-8-14(13-20-15)18(22)21-16-6-5-7-17(12-16)23-4/h5-9,12-13H,1-4H3,(H,21,22). The average molecular weight is 308 g/mol. The molecule has 23 heavy (non-hydrogen) atoms. The third-order valence-corrected chi connectivity index (χ3v) is 2.92. The molecule has 1 N–H and O–H groups in total. The Hall–Kier alpha value is -2.80. The van der Waals surface area contributed by atoms with Crippen molar-refractivity contribution in [3.05, 3.63) is 53.9 Å². The second kappa shape index (κ2) is 6.97. The van der Waals surface area contributed by atoms with Gasteiger partial charge in [-0.15, -0.1) is 0 Å². The molecule has 1 heterocycles. The molecular formula is C19H20N2O2. The van der Waals surface area contributed by atoms with E-state index in [2.05, 4.69) is 22.1 Å². The number of ether oxygens (including phenoxy) is 1. The summed E-state index contributed by atoms with van der Waals surface area (Å²) in [5.74, 6) is 6.59. The monoisotopic (exact) mass is 308 g/mol. The number of amides is 1. The zero-order valence-corrected chi connectivity index (χ0v) is 13.8. The van der Waals surface area contributed by atoms with Gasteiger partial charge in [0.2, 0.25) is 0 Å². The maximum absolute atomic E-state index is 12.2. The molecule has 4 nitrogen and oxygen atoms in total. The second-order valence-electron chi connectivity index (χ2n) is 6.12. The Morgan fingerprint density at radius 3 is 2.61 bits per heavy atom. The molecule has 0 aliphatic carbocycles. The van der Waals surface area contributed by atoms with E-state index >= 15 is 0 Å². The first kappa shape index (κ1) is 16.6. The van der Waals surface area contributed by atoms with Crippen LogP contribution in [0.1, 0.15) is 36.8 Å². The molecule has 0 radical (unpaired) electrons. The summed E-state index contributed by atoms with van der Waals surface area (Å²) in [6.07, 6.45) is 1.53. The first-order valence-electron chi connectivity index (χ1n) is 7.32. The molecule has 0 atom stereocenters. The Bertz CT molecular complexity index is 747. The number of hydrogen-bond acceptors (Lipinski definition) is 3. The van der Waals surface area contributed by atoms with Gasteiger partial charge in [0.15, 0.2) is 0 Å². The SMILES string of the molecule is COc1cccc(NC(=O)c2ccc(C#CC(C)(C)C)nc2)c1. The average Bonchev–Trinajstić information content (AvgIpc) is 2.53. The van der Waals surface area contributed by atoms with Gasteiger partial charge in [0.05, 0.1) is 12.7 Å². The van der Waals surface area contributed by atoms with Crippen molar-refractivity contribution in [2.24, 2.45) is 5.41 Å². The zero-order valence-electron chi connectivity index (χ0n) is 13.8. The van der Waals surface area contributed by atoms with Gasteiger partial charge in [-0.2, -0.15) is 0 Å². The summed E-state index contributed by atoms with van der Waals surface area (Å²) in [5, 5.41) is 2.81. The number of anilines is 1. The van der Waals surface area contributed by atoms with E-state index in [-0.39, 0.29) is 11.3 Å². The minimum Gasteiger partial charge on any atom is -0.497 e. The van der Waals surface area contributed by atoms with Crippen molar-refractivity contribution in [3.8, 4) is 17.6 Å². The third kappa shape index (κ3) is 5.15. The quantitative estimate of drug-likeness (QED) is 0.879. The molecule has 0 aliphatic heterocycles. The predicted molar refractivity (Wildman–Crippen MR) is 91.5 cm³/mol. The Kier molecular flexibility index (Phi) is 5.02. The highest BCUT2D eigenvalue weighted by atomic mass is 16.5. The molecular weight excluding hydrogens is 288 g/mol. The highest BCUT2D eigenvalue weighted by Gasteiger charge is 2.08. The van der Waals surface area contributed by atoms with Gasteiger partial charge in [0, 0.05) is 23.4 Å². The van der Waals surface area contributed by atoms with Crippen molar-refractivity contribution in [1.29, 1.82) is 0 Å². The molecule has 0 fully saturated rings. The van der Waals surface area contributed by atoms with Gasteiger partial charge in [-0.25, -0.2) is 4.98 Å². The van der Waals surface area contributed by atoms with Gasteiger partial charge in [-0.3, -0.25) is 4.79 Å². The number of carbonyl (C=O) groups is 1. The van der Waals surface area contributed by atoms with E-state index in [0.29, 0.717) is 22.7 Å². The number of nitrogens with zero attached hydrogens (tertiary/aromatic N) is 1. The Morgan fingerprint density at radius 1 is 1.22 bits per heavy atom. The molecule has 0 aliphatic rings. The van der Waals surface area contributed by atoms with Crippen LogP contribution in [-0.4, -0.2) is 18.0 Å². The lowest BCUT2D eigenvalue weighted by Crippen LogP contribution is -2.12. The van der Waals surface area contributed by atoms with E-state index in [9.17, 15) is 4.79 Å². The van der Waals surface area contributed by atoms with Crippen LogP contribution in [0.25, 0.3) is 0 Å². The highest BCUT2D eigenvalue weighted by Crippen LogP contribution is 2.17. The molecule has 2 aromatic rings. The van der Waals surface area contributed by atoms with Gasteiger partial charge in [0.1, 0.15) is 11.4 Å². The number of nitrogens with one attached hydrogen (secondary N) is 1. The molecule has 0 spiro atoms. The van der Waals surface area contributed by atoms with E-state index in [4.69, 9.17) is 4.74 Å². The lowest BCUT2D eigenvalue weighted by Gasteiger charge is -2.07. The van der Waals surface area contributed by atoms with Crippen LogP contribution in [0.4, 0.5) is 5.69 Å². The summed E-state index contributed by atoms with van der Waals surface area (Å²) in [5.41, 5.74) is 1.72. The van der Waals surface area contributed by atoms with Crippen LogP contribution in [0.2, 0.25) is 0 Å². The molecule has 4 heteroatoms. The molecule has 0 bridgehead atoms. The van der Waals surface area contributed by atoms with Crippen LogP contribution < -0.4 is 10.1 Å². The smallest absolute Gasteiger partial charge is 0.257 e. The number of benzene rings is 1. The molecule has 0 unspecified atom stereocenters. The normalized spacial score (nSPS) is 10.4. The van der Waals surface area contributed by atoms with E-state index in [0.717, 1.165) is 0 Å². The van der Waals surface area contributed by atoms with Gasteiger partial charge in [0.25, 0.3) is 5.91 Å². The predicted octanol–water partition coefficient (Wildman–Crippen LogP) is 3.74. The van der Waals surface area contributed by atoms with Crippen molar-refractivity contribution < 1.29 is 9.53 Å². The Morgan fingerprint density at radius 2 is 2.00 bits per heavy atom. The minimum absolute atomic E-state index is 0.0793. The highest BCUT2D eigenvalue weighted by molar-refractivity contribution is 6.04. The van der Waals surface area contributed by atoms with Crippen molar-refractivity contribution in [2.45, 2.75) is 20.8 Å².